The maximum atomic E-state index is 13.5. The largest absolute Gasteiger partial charge is 0.325 e. The van der Waals surface area contributed by atoms with Gasteiger partial charge in [0.2, 0.25) is 11.7 Å². The van der Waals surface area contributed by atoms with Crippen molar-refractivity contribution in [2.45, 2.75) is 50.5 Å². The highest BCUT2D eigenvalue weighted by molar-refractivity contribution is 6.10. The van der Waals surface area contributed by atoms with Crippen LogP contribution in [0.3, 0.4) is 0 Å². The Morgan fingerprint density at radius 1 is 1.13 bits per heavy atom. The van der Waals surface area contributed by atoms with Gasteiger partial charge < -0.3 is 5.32 Å². The van der Waals surface area contributed by atoms with E-state index < -0.39 is 48.6 Å². The first-order valence-corrected chi connectivity index (χ1v) is 10.2. The lowest BCUT2D eigenvalue weighted by molar-refractivity contribution is -0.135. The summed E-state index contributed by atoms with van der Waals surface area (Å²) in [6, 6.07) is 6.29. The van der Waals surface area contributed by atoms with Crippen LogP contribution in [0.1, 0.15) is 48.8 Å². The summed E-state index contributed by atoms with van der Waals surface area (Å²) in [7, 11) is 0. The molecule has 9 heteroatoms. The Balaban J connectivity index is 1.47. The smallest absolute Gasteiger partial charge is 0.323 e. The number of alkyl halides is 2. The van der Waals surface area contributed by atoms with Crippen molar-refractivity contribution >= 4 is 17.7 Å². The number of ketones is 1. The molecule has 2 aliphatic rings. The number of carbonyl (C=O) groups is 3. The molecule has 0 radical (unpaired) electrons. The van der Waals surface area contributed by atoms with Gasteiger partial charge >= 0.3 is 6.03 Å². The highest BCUT2D eigenvalue weighted by Gasteiger charge is 2.55. The number of hydrogen-bond acceptors (Lipinski definition) is 5. The summed E-state index contributed by atoms with van der Waals surface area (Å²) in [6.45, 7) is 1.51. The highest BCUT2D eigenvalue weighted by atomic mass is 19.3. The molecule has 31 heavy (non-hydrogen) atoms. The topological polar surface area (TPSA) is 92.3 Å². The number of aryl methyl sites for hydroxylation is 1. The van der Waals surface area contributed by atoms with Crippen LogP contribution in [0.15, 0.2) is 36.7 Å². The SMILES string of the molecule is CCc1ncccc1-c1ccc(C(=O)CN2C(=O)NC3(CCC(F)(F)CC3)C2=O)nc1. The predicted octanol–water partition coefficient (Wildman–Crippen LogP) is 3.39. The van der Waals surface area contributed by atoms with Crippen LogP contribution < -0.4 is 5.32 Å². The molecule has 1 spiro atoms. The number of halogens is 2. The first kappa shape index (κ1) is 21.0. The molecule has 7 nitrogen and oxygen atoms in total. The standard InChI is InChI=1S/C22H22F2N4O3/c1-2-16-15(4-3-11-25-16)14-5-6-17(26-12-14)18(29)13-28-19(30)21(27-20(28)31)7-9-22(23,24)10-8-21/h3-6,11-12H,2,7-10,13H2,1H3,(H,27,31). The van der Waals surface area contributed by atoms with Gasteiger partial charge in [-0.2, -0.15) is 0 Å². The van der Waals surface area contributed by atoms with Crippen LogP contribution in [0.2, 0.25) is 0 Å². The molecule has 2 aromatic rings. The van der Waals surface area contributed by atoms with Crippen molar-refractivity contribution in [2.75, 3.05) is 6.54 Å². The minimum Gasteiger partial charge on any atom is -0.323 e. The molecule has 0 aromatic carbocycles. The van der Waals surface area contributed by atoms with Gasteiger partial charge in [-0.3, -0.25) is 24.5 Å². The first-order chi connectivity index (χ1) is 14.7. The van der Waals surface area contributed by atoms with Crippen molar-refractivity contribution in [3.8, 4) is 11.1 Å². The Labute approximate surface area is 177 Å². The zero-order chi connectivity index (χ0) is 22.2. The number of urea groups is 1. The van der Waals surface area contributed by atoms with Crippen LogP contribution in [-0.2, 0) is 11.2 Å². The van der Waals surface area contributed by atoms with Crippen molar-refractivity contribution in [2.24, 2.45) is 0 Å². The van der Waals surface area contributed by atoms with Crippen molar-refractivity contribution < 1.29 is 23.2 Å². The second-order valence-electron chi connectivity index (χ2n) is 7.97. The van der Waals surface area contributed by atoms with Crippen molar-refractivity contribution in [1.29, 1.82) is 0 Å². The fourth-order valence-electron chi connectivity index (χ4n) is 4.13. The summed E-state index contributed by atoms with van der Waals surface area (Å²) in [5.41, 5.74) is 1.40. The first-order valence-electron chi connectivity index (χ1n) is 10.2. The maximum Gasteiger partial charge on any atom is 0.325 e. The molecule has 4 rings (SSSR count). The van der Waals surface area contributed by atoms with Crippen LogP contribution >= 0.6 is 0 Å². The summed E-state index contributed by atoms with van der Waals surface area (Å²) < 4.78 is 27.0. The predicted molar refractivity (Wildman–Crippen MR) is 108 cm³/mol. The second-order valence-corrected chi connectivity index (χ2v) is 7.97. The van der Waals surface area contributed by atoms with E-state index in [2.05, 4.69) is 15.3 Å². The van der Waals surface area contributed by atoms with Gasteiger partial charge in [0.15, 0.2) is 0 Å². The summed E-state index contributed by atoms with van der Waals surface area (Å²) in [4.78, 5) is 47.1. The molecule has 0 atom stereocenters. The zero-order valence-corrected chi connectivity index (χ0v) is 17.0. The molecule has 2 aromatic heterocycles. The van der Waals surface area contributed by atoms with E-state index >= 15 is 0 Å². The third kappa shape index (κ3) is 3.92. The van der Waals surface area contributed by atoms with Crippen LogP contribution in [-0.4, -0.2) is 50.6 Å². The number of nitrogens with zero attached hydrogens (tertiary/aromatic N) is 3. The van der Waals surface area contributed by atoms with E-state index in [0.717, 1.165) is 28.1 Å². The molecule has 1 N–H and O–H groups in total. The second kappa shape index (κ2) is 7.79. The third-order valence-corrected chi connectivity index (χ3v) is 5.97. The number of imide groups is 1. The Kier molecular flexibility index (Phi) is 5.28. The lowest BCUT2D eigenvalue weighted by Gasteiger charge is -2.34. The van der Waals surface area contributed by atoms with Crippen LogP contribution in [0.25, 0.3) is 11.1 Å². The van der Waals surface area contributed by atoms with E-state index in [4.69, 9.17) is 0 Å². The third-order valence-electron chi connectivity index (χ3n) is 5.97. The Hall–Kier alpha value is -3.23. The maximum absolute atomic E-state index is 13.5. The van der Waals surface area contributed by atoms with E-state index in [9.17, 15) is 23.2 Å². The molecule has 162 valence electrons. The minimum atomic E-state index is -2.84. The van der Waals surface area contributed by atoms with Crippen LogP contribution in [0, 0.1) is 0 Å². The quantitative estimate of drug-likeness (QED) is 0.582. The number of Topliss-reactive ketones (excluding diaryl/α,β-unsaturated/α-hetero) is 1. The number of aromatic nitrogens is 2. The van der Waals surface area contributed by atoms with Crippen LogP contribution in [0.4, 0.5) is 13.6 Å². The van der Waals surface area contributed by atoms with Gasteiger partial charge in [0.05, 0.1) is 6.54 Å². The summed E-state index contributed by atoms with van der Waals surface area (Å²) in [5, 5.41) is 2.53. The zero-order valence-electron chi connectivity index (χ0n) is 17.0. The van der Waals surface area contributed by atoms with Gasteiger partial charge in [0, 0.05) is 42.1 Å². The summed E-state index contributed by atoms with van der Waals surface area (Å²) >= 11 is 0. The molecule has 3 heterocycles. The Morgan fingerprint density at radius 2 is 1.87 bits per heavy atom. The van der Waals surface area contributed by atoms with Crippen molar-refractivity contribution in [3.63, 3.8) is 0 Å². The molecule has 3 amide bonds. The molecular weight excluding hydrogens is 406 g/mol. The Bertz CT molecular complexity index is 1030. The molecule has 1 aliphatic carbocycles. The van der Waals surface area contributed by atoms with Gasteiger partial charge in [-0.1, -0.05) is 19.1 Å². The molecule has 0 unspecified atom stereocenters. The lowest BCUT2D eigenvalue weighted by atomic mass is 9.80. The molecule has 1 saturated heterocycles. The van der Waals surface area contributed by atoms with E-state index in [1.807, 2.05) is 19.1 Å². The normalized spacial score (nSPS) is 19.5. The summed E-state index contributed by atoms with van der Waals surface area (Å²) in [5.74, 6) is -3.96. The number of amides is 3. The molecule has 0 bridgehead atoms. The van der Waals surface area contributed by atoms with Gasteiger partial charge in [0.1, 0.15) is 11.2 Å². The minimum absolute atomic E-state index is 0.113. The number of rotatable bonds is 5. The number of pyridine rings is 2. The van der Waals surface area contributed by atoms with Crippen LogP contribution in [0.5, 0.6) is 0 Å². The van der Waals surface area contributed by atoms with Gasteiger partial charge in [-0.25, -0.2) is 13.6 Å². The monoisotopic (exact) mass is 428 g/mol. The Morgan fingerprint density at radius 3 is 2.52 bits per heavy atom. The van der Waals surface area contributed by atoms with Gasteiger partial charge in [-0.15, -0.1) is 0 Å². The average molecular weight is 428 g/mol. The van der Waals surface area contributed by atoms with E-state index in [1.165, 1.54) is 0 Å². The molecule has 2 fully saturated rings. The van der Waals surface area contributed by atoms with E-state index in [0.29, 0.717) is 0 Å². The molecule has 1 saturated carbocycles. The fraction of sp³-hybridized carbons (Fsp3) is 0.409. The van der Waals surface area contributed by atoms with Crippen molar-refractivity contribution in [1.82, 2.24) is 20.2 Å². The van der Waals surface area contributed by atoms with E-state index in [-0.39, 0.29) is 18.5 Å². The lowest BCUT2D eigenvalue weighted by Crippen LogP contribution is -2.51. The molecule has 1 aliphatic heterocycles. The number of nitrogens with one attached hydrogen (secondary N) is 1. The fourth-order valence-corrected chi connectivity index (χ4v) is 4.13. The highest BCUT2D eigenvalue weighted by Crippen LogP contribution is 2.41. The number of carbonyl (C=O) groups excluding carboxylic acids is 3. The number of hydrogen-bond donors (Lipinski definition) is 1. The van der Waals surface area contributed by atoms with Gasteiger partial charge in [-0.05, 0) is 31.4 Å². The summed E-state index contributed by atoms with van der Waals surface area (Å²) in [6.07, 6.45) is 2.78. The van der Waals surface area contributed by atoms with E-state index in [1.54, 1.807) is 24.5 Å². The van der Waals surface area contributed by atoms with Gasteiger partial charge in [0.25, 0.3) is 5.91 Å². The average Bonchev–Trinajstić information content (AvgIpc) is 3.00. The molecular formula is C22H22F2N4O3. The van der Waals surface area contributed by atoms with Crippen molar-refractivity contribution in [3.05, 3.63) is 48.0 Å².